The van der Waals surface area contributed by atoms with E-state index in [0.717, 1.165) is 44.9 Å². The lowest BCUT2D eigenvalue weighted by Gasteiger charge is -2.13. The van der Waals surface area contributed by atoms with Crippen molar-refractivity contribution in [3.8, 4) is 28.3 Å². The first kappa shape index (κ1) is 18.2. The highest BCUT2D eigenvalue weighted by Gasteiger charge is 2.18. The normalized spacial score (nSPS) is 13.4. The average Bonchev–Trinajstić information content (AvgIpc) is 3.39. The van der Waals surface area contributed by atoms with E-state index in [1.807, 2.05) is 55.7 Å². The van der Waals surface area contributed by atoms with Crippen LogP contribution >= 0.6 is 0 Å². The van der Waals surface area contributed by atoms with Crippen molar-refractivity contribution in [1.82, 2.24) is 14.9 Å². The fraction of sp³-hybridized carbons (Fsp3) is 0.167. The van der Waals surface area contributed by atoms with E-state index in [0.29, 0.717) is 0 Å². The van der Waals surface area contributed by atoms with Gasteiger partial charge in [0.1, 0.15) is 6.33 Å². The summed E-state index contributed by atoms with van der Waals surface area (Å²) in [5.41, 5.74) is 5.97. The van der Waals surface area contributed by atoms with Gasteiger partial charge in [0.05, 0.1) is 17.1 Å². The molecule has 0 aliphatic carbocycles. The van der Waals surface area contributed by atoms with Gasteiger partial charge in [-0.05, 0) is 48.4 Å². The fourth-order valence-corrected chi connectivity index (χ4v) is 3.87. The van der Waals surface area contributed by atoms with Crippen LogP contribution in [0.1, 0.15) is 25.5 Å². The van der Waals surface area contributed by atoms with E-state index in [1.165, 1.54) is 6.92 Å². The molecule has 0 fully saturated rings. The van der Waals surface area contributed by atoms with E-state index in [1.54, 1.807) is 0 Å². The Morgan fingerprint density at radius 3 is 2.83 bits per heavy atom. The Hall–Kier alpha value is -3.80. The molecule has 0 unspecified atom stereocenters. The summed E-state index contributed by atoms with van der Waals surface area (Å²) in [7, 11) is 0. The van der Waals surface area contributed by atoms with Crippen LogP contribution in [0.25, 0.3) is 27.8 Å². The van der Waals surface area contributed by atoms with Gasteiger partial charge >= 0.3 is 0 Å². The van der Waals surface area contributed by atoms with E-state index in [9.17, 15) is 4.79 Å². The van der Waals surface area contributed by atoms with Crippen LogP contribution in [-0.2, 0) is 4.79 Å². The number of hydrogen-bond acceptors (Lipinski definition) is 4. The highest BCUT2D eigenvalue weighted by molar-refractivity contribution is 5.80. The molecule has 6 nitrogen and oxygen atoms in total. The van der Waals surface area contributed by atoms with Crippen LogP contribution < -0.4 is 14.8 Å². The lowest BCUT2D eigenvalue weighted by molar-refractivity contribution is -0.119. The van der Waals surface area contributed by atoms with Gasteiger partial charge in [-0.1, -0.05) is 30.3 Å². The molecule has 1 N–H and O–H groups in total. The molecule has 1 aliphatic rings. The van der Waals surface area contributed by atoms with E-state index in [4.69, 9.17) is 9.47 Å². The van der Waals surface area contributed by atoms with E-state index in [-0.39, 0.29) is 18.7 Å². The van der Waals surface area contributed by atoms with Crippen LogP contribution in [0.2, 0.25) is 0 Å². The number of carbonyl (C=O) groups excluding carboxylic acids is 1. The summed E-state index contributed by atoms with van der Waals surface area (Å²) < 4.78 is 13.2. The zero-order chi connectivity index (χ0) is 20.7. The lowest BCUT2D eigenvalue weighted by Crippen LogP contribution is -2.23. The van der Waals surface area contributed by atoms with Crippen LogP contribution in [0.5, 0.6) is 11.5 Å². The van der Waals surface area contributed by atoms with Gasteiger partial charge in [-0.15, -0.1) is 0 Å². The molecule has 0 spiro atoms. The van der Waals surface area contributed by atoms with Gasteiger partial charge < -0.3 is 14.8 Å². The second kappa shape index (κ2) is 7.22. The van der Waals surface area contributed by atoms with Gasteiger partial charge in [0, 0.05) is 18.2 Å². The number of nitrogens with one attached hydrogen (secondary N) is 1. The number of ether oxygens (including phenoxy) is 2. The number of fused-ring (bicyclic) bond motifs is 2. The first-order valence-corrected chi connectivity index (χ1v) is 9.84. The summed E-state index contributed by atoms with van der Waals surface area (Å²) >= 11 is 0. The van der Waals surface area contributed by atoms with Crippen molar-refractivity contribution in [2.75, 3.05) is 6.79 Å². The molecule has 1 aromatic heterocycles. The molecule has 1 atom stereocenters. The number of nitrogens with zero attached hydrogens (tertiary/aromatic N) is 2. The highest BCUT2D eigenvalue weighted by Crippen LogP contribution is 2.41. The second-order valence-corrected chi connectivity index (χ2v) is 7.37. The predicted octanol–water partition coefficient (Wildman–Crippen LogP) is 4.62. The Balaban J connectivity index is 1.53. The second-order valence-electron chi connectivity index (χ2n) is 7.37. The molecule has 2 heterocycles. The summed E-state index contributed by atoms with van der Waals surface area (Å²) in [4.78, 5) is 15.9. The molecule has 1 amide bonds. The molecule has 0 radical (unpaired) electrons. The quantitative estimate of drug-likeness (QED) is 0.544. The summed E-state index contributed by atoms with van der Waals surface area (Å²) in [6.45, 7) is 3.74. The van der Waals surface area contributed by atoms with Crippen molar-refractivity contribution < 1.29 is 14.3 Å². The average molecular weight is 399 g/mol. The molecule has 30 heavy (non-hydrogen) atoms. The van der Waals surface area contributed by atoms with Crippen molar-refractivity contribution in [3.05, 3.63) is 72.6 Å². The van der Waals surface area contributed by atoms with E-state index in [2.05, 4.69) is 33.1 Å². The van der Waals surface area contributed by atoms with E-state index >= 15 is 0 Å². The van der Waals surface area contributed by atoms with Crippen LogP contribution in [0.15, 0.2) is 67.0 Å². The zero-order valence-corrected chi connectivity index (χ0v) is 16.8. The first-order valence-electron chi connectivity index (χ1n) is 9.84. The van der Waals surface area contributed by atoms with Crippen molar-refractivity contribution in [2.45, 2.75) is 19.9 Å². The third-order valence-corrected chi connectivity index (χ3v) is 5.32. The summed E-state index contributed by atoms with van der Waals surface area (Å²) in [5.74, 6) is 1.50. The molecule has 3 aromatic carbocycles. The minimum Gasteiger partial charge on any atom is -0.454 e. The maximum atomic E-state index is 11.4. The molecule has 4 aromatic rings. The Labute approximate surface area is 174 Å². The monoisotopic (exact) mass is 399 g/mol. The number of rotatable bonds is 4. The Morgan fingerprint density at radius 1 is 1.10 bits per heavy atom. The van der Waals surface area contributed by atoms with Crippen LogP contribution in [0, 0.1) is 0 Å². The maximum Gasteiger partial charge on any atom is 0.231 e. The molecule has 0 saturated heterocycles. The minimum atomic E-state index is -0.0669. The number of benzene rings is 3. The zero-order valence-electron chi connectivity index (χ0n) is 16.8. The molecule has 0 bridgehead atoms. The highest BCUT2D eigenvalue weighted by atomic mass is 16.7. The van der Waals surface area contributed by atoms with Crippen molar-refractivity contribution >= 4 is 16.9 Å². The van der Waals surface area contributed by atoms with Gasteiger partial charge in [-0.25, -0.2) is 4.98 Å². The van der Waals surface area contributed by atoms with Crippen molar-refractivity contribution in [2.24, 2.45) is 0 Å². The Morgan fingerprint density at radius 2 is 1.97 bits per heavy atom. The predicted molar refractivity (Wildman–Crippen MR) is 115 cm³/mol. The molecule has 6 heteroatoms. The summed E-state index contributed by atoms with van der Waals surface area (Å²) in [6, 6.07) is 20.2. The lowest BCUT2D eigenvalue weighted by atomic mass is 10.0. The summed E-state index contributed by atoms with van der Waals surface area (Å²) in [6.07, 6.45) is 1.83. The number of amides is 1. The van der Waals surface area contributed by atoms with Crippen molar-refractivity contribution in [1.29, 1.82) is 0 Å². The number of para-hydroxylation sites is 1. The number of aromatic nitrogens is 2. The minimum absolute atomic E-state index is 0.0493. The maximum absolute atomic E-state index is 11.4. The standard InChI is InChI=1S/C24H21N3O3/c1-15(26-16(2)28)17-9-10-22-21(12-17)25-13-27(22)19-6-3-5-18(11-19)20-7-4-8-23-24(20)30-14-29-23/h3-13,15H,14H2,1-2H3,(H,26,28)/t15-/m0/s1. The van der Waals surface area contributed by atoms with Gasteiger partial charge in [0.2, 0.25) is 12.7 Å². The molecule has 0 saturated carbocycles. The molecule has 150 valence electrons. The fourth-order valence-electron chi connectivity index (χ4n) is 3.87. The van der Waals surface area contributed by atoms with Crippen molar-refractivity contribution in [3.63, 3.8) is 0 Å². The van der Waals surface area contributed by atoms with Gasteiger partial charge in [0.15, 0.2) is 11.5 Å². The Bertz CT molecular complexity index is 1260. The van der Waals surface area contributed by atoms with Gasteiger partial charge in [0.25, 0.3) is 0 Å². The molecule has 5 rings (SSSR count). The first-order chi connectivity index (χ1) is 14.6. The number of carbonyl (C=O) groups is 1. The largest absolute Gasteiger partial charge is 0.454 e. The smallest absolute Gasteiger partial charge is 0.231 e. The van der Waals surface area contributed by atoms with E-state index < -0.39 is 0 Å². The third kappa shape index (κ3) is 3.16. The summed E-state index contributed by atoms with van der Waals surface area (Å²) in [5, 5.41) is 2.91. The number of imidazole rings is 1. The van der Waals surface area contributed by atoms with Crippen LogP contribution in [-0.4, -0.2) is 22.3 Å². The molecular formula is C24H21N3O3. The topological polar surface area (TPSA) is 65.4 Å². The SMILES string of the molecule is CC(=O)N[C@@H](C)c1ccc2c(c1)ncn2-c1cccc(-c2cccc3c2OCO3)c1. The van der Waals surface area contributed by atoms with Gasteiger partial charge in [-0.2, -0.15) is 0 Å². The molecular weight excluding hydrogens is 378 g/mol. The van der Waals surface area contributed by atoms with Crippen LogP contribution in [0.3, 0.4) is 0 Å². The van der Waals surface area contributed by atoms with Crippen LogP contribution in [0.4, 0.5) is 0 Å². The Kier molecular flexibility index (Phi) is 4.39. The third-order valence-electron chi connectivity index (χ3n) is 5.32. The number of hydrogen-bond donors (Lipinski definition) is 1. The molecule has 1 aliphatic heterocycles. The van der Waals surface area contributed by atoms with Gasteiger partial charge in [-0.3, -0.25) is 9.36 Å².